The van der Waals surface area contributed by atoms with Crippen molar-refractivity contribution in [3.63, 3.8) is 0 Å². The van der Waals surface area contributed by atoms with Gasteiger partial charge in [0.15, 0.2) is 25.5 Å². The highest BCUT2D eigenvalue weighted by molar-refractivity contribution is 6.58. The molecule has 0 aliphatic carbocycles. The molecule has 0 fully saturated rings. The maximum absolute atomic E-state index is 9.54. The van der Waals surface area contributed by atoms with E-state index in [1.165, 1.54) is 0 Å². The highest BCUT2D eigenvalue weighted by Crippen LogP contribution is 2.21. The molecule has 0 spiro atoms. The molecule has 0 atom stereocenters. The minimum atomic E-state index is -1.50. The molecular weight excluding hydrogens is 506 g/mol. The SMILES string of the molecule is OB(O)c1cccc(C[n+]2cccc3c2ccc2ccc[n+](Cc4cccc(B(O)O)c4)c23)c1.[Br-]. The van der Waals surface area contributed by atoms with E-state index in [9.17, 15) is 20.1 Å². The molecule has 0 amide bonds. The monoisotopic (exact) mass is 529 g/mol. The molecule has 0 aliphatic heterocycles. The third-order valence-electron chi connectivity index (χ3n) is 6.10. The molecule has 2 aromatic heterocycles. The Hall–Kier alpha value is -3.07. The highest BCUT2D eigenvalue weighted by Gasteiger charge is 2.20. The fourth-order valence-electron chi connectivity index (χ4n) is 4.50. The molecule has 6 nitrogen and oxygen atoms in total. The molecular formula is C26H24B2BrN2O4+. The van der Waals surface area contributed by atoms with Crippen LogP contribution in [0.1, 0.15) is 11.1 Å². The number of pyridine rings is 2. The van der Waals surface area contributed by atoms with Crippen molar-refractivity contribution in [3.05, 3.63) is 108 Å². The Kier molecular flexibility index (Phi) is 7.64. The number of nitrogens with zero attached hydrogens (tertiary/aromatic N) is 2. The van der Waals surface area contributed by atoms with Crippen molar-refractivity contribution in [2.24, 2.45) is 0 Å². The van der Waals surface area contributed by atoms with Crippen molar-refractivity contribution < 1.29 is 46.2 Å². The zero-order chi connectivity index (χ0) is 23.7. The summed E-state index contributed by atoms with van der Waals surface area (Å²) in [7, 11) is -2.99. The third kappa shape index (κ3) is 5.29. The predicted molar refractivity (Wildman–Crippen MR) is 133 cm³/mol. The number of aromatic nitrogens is 2. The van der Waals surface area contributed by atoms with Crippen LogP contribution in [0.15, 0.2) is 97.3 Å². The summed E-state index contributed by atoms with van der Waals surface area (Å²) in [6, 6.07) is 27.1. The van der Waals surface area contributed by atoms with Crippen molar-refractivity contribution in [1.82, 2.24) is 0 Å². The van der Waals surface area contributed by atoms with E-state index in [2.05, 4.69) is 33.4 Å². The van der Waals surface area contributed by atoms with Crippen LogP contribution in [-0.2, 0) is 13.1 Å². The van der Waals surface area contributed by atoms with E-state index in [0.29, 0.717) is 24.0 Å². The first-order valence-electron chi connectivity index (χ1n) is 11.1. The Morgan fingerprint density at radius 3 is 1.80 bits per heavy atom. The predicted octanol–water partition coefficient (Wildman–Crippen LogP) is -2.97. The normalized spacial score (nSPS) is 10.9. The Morgan fingerprint density at radius 2 is 1.17 bits per heavy atom. The number of benzene rings is 3. The Labute approximate surface area is 214 Å². The van der Waals surface area contributed by atoms with Gasteiger partial charge in [-0.15, -0.1) is 0 Å². The number of hydrogen-bond acceptors (Lipinski definition) is 4. The number of fused-ring (bicyclic) bond motifs is 3. The van der Waals surface area contributed by atoms with Crippen LogP contribution >= 0.6 is 0 Å². The molecule has 2 heterocycles. The lowest BCUT2D eigenvalue weighted by molar-refractivity contribution is -0.665. The fourth-order valence-corrected chi connectivity index (χ4v) is 4.50. The molecule has 0 saturated carbocycles. The zero-order valence-corrected chi connectivity index (χ0v) is 20.5. The van der Waals surface area contributed by atoms with Gasteiger partial charge in [-0.2, -0.15) is 9.13 Å². The molecule has 0 aliphatic rings. The van der Waals surface area contributed by atoms with Crippen LogP contribution in [0.2, 0.25) is 0 Å². The fraction of sp³-hybridized carbons (Fsp3) is 0.0769. The van der Waals surface area contributed by atoms with Crippen LogP contribution < -0.4 is 37.0 Å². The smallest absolute Gasteiger partial charge is 0.488 e. The van der Waals surface area contributed by atoms with Crippen LogP contribution in [-0.4, -0.2) is 34.3 Å². The topological polar surface area (TPSA) is 88.7 Å². The largest absolute Gasteiger partial charge is 1.00 e. The summed E-state index contributed by atoms with van der Waals surface area (Å²) in [6.45, 7) is 1.18. The van der Waals surface area contributed by atoms with Crippen molar-refractivity contribution in [1.29, 1.82) is 0 Å². The van der Waals surface area contributed by atoms with E-state index in [-0.39, 0.29) is 17.0 Å². The molecule has 5 aromatic rings. The molecule has 0 bridgehead atoms. The molecule has 0 unspecified atom stereocenters. The maximum atomic E-state index is 9.54. The summed E-state index contributed by atoms with van der Waals surface area (Å²) in [4.78, 5) is 0. The minimum Gasteiger partial charge on any atom is -1.00 e. The quantitative estimate of drug-likeness (QED) is 0.107. The molecule has 0 saturated heterocycles. The van der Waals surface area contributed by atoms with E-state index < -0.39 is 14.2 Å². The van der Waals surface area contributed by atoms with Gasteiger partial charge in [-0.3, -0.25) is 0 Å². The molecule has 9 heteroatoms. The highest BCUT2D eigenvalue weighted by atomic mass is 79.9. The van der Waals surface area contributed by atoms with E-state index in [1.54, 1.807) is 18.2 Å². The van der Waals surface area contributed by atoms with Gasteiger partial charge in [0.1, 0.15) is 5.39 Å². The van der Waals surface area contributed by atoms with Crippen molar-refractivity contribution in [3.8, 4) is 0 Å². The van der Waals surface area contributed by atoms with Crippen LogP contribution in [0.25, 0.3) is 21.8 Å². The van der Waals surface area contributed by atoms with Crippen LogP contribution in [0, 0.1) is 0 Å². The van der Waals surface area contributed by atoms with Gasteiger partial charge in [-0.05, 0) is 29.1 Å². The second-order valence-electron chi connectivity index (χ2n) is 8.45. The number of hydrogen-bond donors (Lipinski definition) is 4. The molecule has 4 N–H and O–H groups in total. The first-order valence-corrected chi connectivity index (χ1v) is 11.1. The summed E-state index contributed by atoms with van der Waals surface area (Å²) in [6.07, 6.45) is 4.06. The average molecular weight is 530 g/mol. The van der Waals surface area contributed by atoms with Gasteiger partial charge in [0, 0.05) is 34.7 Å². The third-order valence-corrected chi connectivity index (χ3v) is 6.10. The van der Waals surface area contributed by atoms with Crippen LogP contribution in [0.4, 0.5) is 0 Å². The number of halogens is 1. The van der Waals surface area contributed by atoms with Gasteiger partial charge in [-0.1, -0.05) is 48.5 Å². The molecule has 3 aromatic carbocycles. The van der Waals surface area contributed by atoms with Crippen molar-refractivity contribution >= 4 is 47.0 Å². The Bertz CT molecular complexity index is 1500. The lowest BCUT2D eigenvalue weighted by Gasteiger charge is -2.07. The van der Waals surface area contributed by atoms with Gasteiger partial charge < -0.3 is 37.1 Å². The first kappa shape index (κ1) is 25.0. The van der Waals surface area contributed by atoms with E-state index in [0.717, 1.165) is 32.9 Å². The lowest BCUT2D eigenvalue weighted by atomic mass is 9.79. The minimum absolute atomic E-state index is 0. The summed E-state index contributed by atoms with van der Waals surface area (Å²) >= 11 is 0. The van der Waals surface area contributed by atoms with Crippen LogP contribution in [0.5, 0.6) is 0 Å². The molecule has 174 valence electrons. The Balaban J connectivity index is 0.00000289. The van der Waals surface area contributed by atoms with E-state index in [4.69, 9.17) is 0 Å². The second-order valence-corrected chi connectivity index (χ2v) is 8.45. The average Bonchev–Trinajstić information content (AvgIpc) is 2.84. The van der Waals surface area contributed by atoms with E-state index >= 15 is 0 Å². The van der Waals surface area contributed by atoms with Gasteiger partial charge in [0.05, 0.1) is 0 Å². The van der Waals surface area contributed by atoms with Gasteiger partial charge in [0.2, 0.25) is 11.0 Å². The Morgan fingerprint density at radius 1 is 0.600 bits per heavy atom. The van der Waals surface area contributed by atoms with Crippen molar-refractivity contribution in [2.45, 2.75) is 13.1 Å². The van der Waals surface area contributed by atoms with Gasteiger partial charge in [0.25, 0.3) is 0 Å². The first-order chi connectivity index (χ1) is 16.5. The standard InChI is InChI=1S/C26H24B2N2O4.BrH/c31-27(32)22-8-1-5-19(15-22)17-29-13-4-10-24-25(29)12-11-21-7-3-14-30(26(21)24)18-20-6-2-9-23(16-20)28(33)34;/h1-16,31-34H,17-18H2;1H/q+2;/p-1. The summed E-state index contributed by atoms with van der Waals surface area (Å²) in [5.41, 5.74) is 5.04. The summed E-state index contributed by atoms with van der Waals surface area (Å²) < 4.78 is 4.32. The van der Waals surface area contributed by atoms with Gasteiger partial charge >= 0.3 is 14.2 Å². The maximum Gasteiger partial charge on any atom is 0.488 e. The van der Waals surface area contributed by atoms with Crippen molar-refractivity contribution in [2.75, 3.05) is 0 Å². The lowest BCUT2D eigenvalue weighted by Crippen LogP contribution is -3.00. The zero-order valence-electron chi connectivity index (χ0n) is 18.9. The second kappa shape index (κ2) is 10.7. The number of rotatable bonds is 6. The molecule has 5 rings (SSSR count). The van der Waals surface area contributed by atoms with Gasteiger partial charge in [-0.25, -0.2) is 0 Å². The molecule has 0 radical (unpaired) electrons. The van der Waals surface area contributed by atoms with Crippen LogP contribution in [0.3, 0.4) is 0 Å². The summed E-state index contributed by atoms with van der Waals surface area (Å²) in [5, 5.41) is 40.3. The summed E-state index contributed by atoms with van der Waals surface area (Å²) in [5.74, 6) is 0. The molecule has 35 heavy (non-hydrogen) atoms. The van der Waals surface area contributed by atoms with E-state index in [1.807, 2.05) is 54.9 Å².